The van der Waals surface area contributed by atoms with Gasteiger partial charge in [-0.25, -0.2) is 13.1 Å². The van der Waals surface area contributed by atoms with Crippen molar-refractivity contribution < 1.29 is 13.2 Å². The van der Waals surface area contributed by atoms with E-state index in [-0.39, 0.29) is 16.8 Å². The zero-order chi connectivity index (χ0) is 13.9. The Morgan fingerprint density at radius 2 is 2.37 bits per heavy atom. The van der Waals surface area contributed by atoms with Crippen molar-refractivity contribution in [3.8, 4) is 0 Å². The van der Waals surface area contributed by atoms with Gasteiger partial charge < -0.3 is 10.5 Å². The molecule has 0 aliphatic carbocycles. The van der Waals surface area contributed by atoms with Crippen LogP contribution in [0, 0.1) is 0 Å². The summed E-state index contributed by atoms with van der Waals surface area (Å²) < 4.78 is 33.5. The topological polar surface area (TPSA) is 99.2 Å². The molecule has 0 radical (unpaired) electrons. The number of hydrogen-bond acceptors (Lipinski definition) is 5. The minimum absolute atomic E-state index is 0.0175. The summed E-state index contributed by atoms with van der Waals surface area (Å²) in [4.78, 5) is 0.0274. The van der Waals surface area contributed by atoms with Crippen molar-refractivity contribution in [2.24, 2.45) is 7.05 Å². The van der Waals surface area contributed by atoms with E-state index in [4.69, 9.17) is 10.5 Å². The van der Waals surface area contributed by atoms with Crippen LogP contribution in [0.5, 0.6) is 0 Å². The van der Waals surface area contributed by atoms with Gasteiger partial charge in [0, 0.05) is 26.4 Å². The molecule has 0 bridgehead atoms. The molecule has 8 heteroatoms. The lowest BCUT2D eigenvalue weighted by Crippen LogP contribution is -2.29. The average Bonchev–Trinajstić information content (AvgIpc) is 2.70. The zero-order valence-corrected chi connectivity index (χ0v) is 11.8. The molecule has 1 saturated heterocycles. The number of nitrogens with two attached hydrogens (primary N) is 1. The summed E-state index contributed by atoms with van der Waals surface area (Å²) >= 11 is 0. The van der Waals surface area contributed by atoms with Crippen LogP contribution in [0.3, 0.4) is 0 Å². The number of nitrogens with one attached hydrogen (secondary N) is 1. The Morgan fingerprint density at radius 3 is 2.95 bits per heavy atom. The van der Waals surface area contributed by atoms with E-state index >= 15 is 0 Å². The largest absolute Gasteiger partial charge is 0.381 e. The molecule has 1 aliphatic rings. The van der Waals surface area contributed by atoms with E-state index in [9.17, 15) is 8.42 Å². The normalized spacial score (nSPS) is 20.6. The Kier molecular flexibility index (Phi) is 4.43. The van der Waals surface area contributed by atoms with Gasteiger partial charge in [0.2, 0.25) is 10.0 Å². The van der Waals surface area contributed by atoms with Crippen LogP contribution in [0.25, 0.3) is 0 Å². The highest BCUT2D eigenvalue weighted by Gasteiger charge is 2.21. The summed E-state index contributed by atoms with van der Waals surface area (Å²) in [7, 11) is -1.95. The first-order valence-electron chi connectivity index (χ1n) is 6.39. The summed E-state index contributed by atoms with van der Waals surface area (Å²) in [6.07, 6.45) is 5.47. The van der Waals surface area contributed by atoms with Crippen molar-refractivity contribution in [1.82, 2.24) is 14.5 Å². The van der Waals surface area contributed by atoms with Crippen LogP contribution in [0.2, 0.25) is 0 Å². The van der Waals surface area contributed by atoms with Gasteiger partial charge in [0.25, 0.3) is 0 Å². The Labute approximate surface area is 113 Å². The van der Waals surface area contributed by atoms with Crippen LogP contribution in [0.1, 0.15) is 25.7 Å². The number of aryl methyl sites for hydroxylation is 1. The molecule has 108 valence electrons. The highest BCUT2D eigenvalue weighted by Crippen LogP contribution is 2.17. The van der Waals surface area contributed by atoms with Gasteiger partial charge in [-0.3, -0.25) is 4.68 Å². The van der Waals surface area contributed by atoms with Crippen molar-refractivity contribution in [3.63, 3.8) is 0 Å². The molecule has 0 spiro atoms. The number of ether oxygens (including phenoxy) is 1. The van der Waals surface area contributed by atoms with E-state index in [1.54, 1.807) is 7.05 Å². The molecule has 1 unspecified atom stereocenters. The molecule has 0 saturated carbocycles. The zero-order valence-electron chi connectivity index (χ0n) is 11.0. The highest BCUT2D eigenvalue weighted by molar-refractivity contribution is 7.89. The fourth-order valence-electron chi connectivity index (χ4n) is 2.16. The van der Waals surface area contributed by atoms with Crippen LogP contribution < -0.4 is 10.5 Å². The molecule has 19 heavy (non-hydrogen) atoms. The lowest BCUT2D eigenvalue weighted by atomic mass is 10.1. The Bertz CT molecular complexity index is 520. The SMILES string of the molecule is Cn1cc(S(=O)(=O)NCCC2CCCCO2)c(N)n1. The number of rotatable bonds is 5. The summed E-state index contributed by atoms with van der Waals surface area (Å²) in [5.41, 5.74) is 5.57. The van der Waals surface area contributed by atoms with E-state index in [1.807, 2.05) is 0 Å². The molecule has 1 fully saturated rings. The van der Waals surface area contributed by atoms with Crippen molar-refractivity contribution in [2.75, 3.05) is 18.9 Å². The van der Waals surface area contributed by atoms with Gasteiger partial charge in [0.15, 0.2) is 5.82 Å². The van der Waals surface area contributed by atoms with Crippen LogP contribution in [0.15, 0.2) is 11.1 Å². The Balaban J connectivity index is 1.89. The standard InChI is InChI=1S/C11H20N4O3S/c1-15-8-10(11(12)14-15)19(16,17)13-6-5-9-4-2-3-7-18-9/h8-9,13H,2-7H2,1H3,(H2,12,14). The van der Waals surface area contributed by atoms with Gasteiger partial charge in [-0.15, -0.1) is 0 Å². The molecular formula is C11H20N4O3S. The lowest BCUT2D eigenvalue weighted by molar-refractivity contribution is 0.0123. The number of nitrogen functional groups attached to an aromatic ring is 1. The van der Waals surface area contributed by atoms with Crippen molar-refractivity contribution in [3.05, 3.63) is 6.20 Å². The highest BCUT2D eigenvalue weighted by atomic mass is 32.2. The lowest BCUT2D eigenvalue weighted by Gasteiger charge is -2.22. The van der Waals surface area contributed by atoms with Crippen molar-refractivity contribution in [1.29, 1.82) is 0 Å². The third-order valence-electron chi connectivity index (χ3n) is 3.14. The fourth-order valence-corrected chi connectivity index (χ4v) is 3.31. The minimum atomic E-state index is -3.58. The molecule has 7 nitrogen and oxygen atoms in total. The monoisotopic (exact) mass is 288 g/mol. The van der Waals surface area contributed by atoms with Crippen LogP contribution in [-0.2, 0) is 21.8 Å². The second-order valence-corrected chi connectivity index (χ2v) is 6.46. The van der Waals surface area contributed by atoms with Gasteiger partial charge >= 0.3 is 0 Å². The third kappa shape index (κ3) is 3.68. The molecule has 3 N–H and O–H groups in total. The van der Waals surface area contributed by atoms with Crippen LogP contribution in [-0.4, -0.2) is 37.5 Å². The maximum Gasteiger partial charge on any atom is 0.245 e. The average molecular weight is 288 g/mol. The second kappa shape index (κ2) is 5.89. The maximum absolute atomic E-state index is 12.0. The number of nitrogens with zero attached hydrogens (tertiary/aromatic N) is 2. The van der Waals surface area contributed by atoms with Gasteiger partial charge in [-0.1, -0.05) is 0 Å². The van der Waals surface area contributed by atoms with Gasteiger partial charge in [-0.05, 0) is 25.7 Å². The first-order chi connectivity index (χ1) is 8.99. The predicted octanol–water partition coefficient (Wildman–Crippen LogP) is 0.240. The number of aromatic nitrogens is 2. The summed E-state index contributed by atoms with van der Waals surface area (Å²) in [5.74, 6) is 0.0175. The van der Waals surface area contributed by atoms with E-state index in [0.717, 1.165) is 25.9 Å². The first-order valence-corrected chi connectivity index (χ1v) is 7.88. The number of hydrogen-bond donors (Lipinski definition) is 2. The smallest absolute Gasteiger partial charge is 0.245 e. The Hall–Kier alpha value is -1.12. The molecule has 1 aliphatic heterocycles. The quantitative estimate of drug-likeness (QED) is 0.808. The van der Waals surface area contributed by atoms with E-state index in [2.05, 4.69) is 9.82 Å². The fraction of sp³-hybridized carbons (Fsp3) is 0.727. The van der Waals surface area contributed by atoms with E-state index in [1.165, 1.54) is 10.9 Å². The predicted molar refractivity (Wildman–Crippen MR) is 71.0 cm³/mol. The molecule has 0 amide bonds. The summed E-state index contributed by atoms with van der Waals surface area (Å²) in [6, 6.07) is 0. The molecule has 2 rings (SSSR count). The van der Waals surface area contributed by atoms with Crippen molar-refractivity contribution >= 4 is 15.8 Å². The third-order valence-corrected chi connectivity index (χ3v) is 4.62. The summed E-state index contributed by atoms with van der Waals surface area (Å²) in [6.45, 7) is 1.12. The van der Waals surface area contributed by atoms with Crippen molar-refractivity contribution in [2.45, 2.75) is 36.7 Å². The molecular weight excluding hydrogens is 268 g/mol. The molecule has 1 aromatic rings. The first kappa shape index (κ1) is 14.3. The molecule has 0 aromatic carbocycles. The maximum atomic E-state index is 12.0. The van der Waals surface area contributed by atoms with E-state index < -0.39 is 10.0 Å². The number of sulfonamides is 1. The van der Waals surface area contributed by atoms with Gasteiger partial charge in [-0.2, -0.15) is 5.10 Å². The van der Waals surface area contributed by atoms with Crippen LogP contribution in [0.4, 0.5) is 5.82 Å². The molecule has 2 heterocycles. The Morgan fingerprint density at radius 1 is 1.58 bits per heavy atom. The minimum Gasteiger partial charge on any atom is -0.381 e. The van der Waals surface area contributed by atoms with E-state index in [0.29, 0.717) is 13.0 Å². The summed E-state index contributed by atoms with van der Waals surface area (Å²) in [5, 5.41) is 3.83. The molecule has 1 atom stereocenters. The number of anilines is 1. The second-order valence-electron chi connectivity index (χ2n) is 4.73. The van der Waals surface area contributed by atoms with Gasteiger partial charge in [0.05, 0.1) is 6.10 Å². The molecule has 1 aromatic heterocycles. The van der Waals surface area contributed by atoms with Gasteiger partial charge in [0.1, 0.15) is 4.90 Å². The van der Waals surface area contributed by atoms with Crippen LogP contribution >= 0.6 is 0 Å².